The lowest BCUT2D eigenvalue weighted by Gasteiger charge is -2.14. The third-order valence-corrected chi connectivity index (χ3v) is 7.29. The molecule has 1 heterocycles. The number of thioether (sulfide) groups is 1. The van der Waals surface area contributed by atoms with Crippen molar-refractivity contribution < 1.29 is 23.9 Å². The van der Waals surface area contributed by atoms with Gasteiger partial charge in [-0.2, -0.15) is 0 Å². The van der Waals surface area contributed by atoms with Crippen LogP contribution in [0.2, 0.25) is 0 Å². The van der Waals surface area contributed by atoms with Crippen LogP contribution in [0.5, 0.6) is 0 Å². The summed E-state index contributed by atoms with van der Waals surface area (Å²) in [5.41, 5.74) is 6.45. The monoisotopic (exact) mass is 589 g/mol. The summed E-state index contributed by atoms with van der Waals surface area (Å²) in [5.74, 6) is -1.27. The van der Waals surface area contributed by atoms with Gasteiger partial charge in [0.05, 0.1) is 23.1 Å². The fourth-order valence-corrected chi connectivity index (χ4v) is 5.08. The number of hydrogen-bond acceptors (Lipinski definition) is 7. The second-order valence-electron chi connectivity index (χ2n) is 7.74. The van der Waals surface area contributed by atoms with E-state index in [0.29, 0.717) is 44.2 Å². The van der Waals surface area contributed by atoms with E-state index in [9.17, 15) is 19.2 Å². The molecule has 2 N–H and O–H groups in total. The lowest BCUT2D eigenvalue weighted by atomic mass is 10.1. The van der Waals surface area contributed by atoms with Crippen LogP contribution in [0.4, 0.5) is 0 Å². The Morgan fingerprint density at radius 2 is 1.78 bits per heavy atom. The van der Waals surface area contributed by atoms with E-state index in [1.807, 2.05) is 0 Å². The lowest BCUT2D eigenvalue weighted by Crippen LogP contribution is -2.41. The number of ether oxygens (including phenoxy) is 1. The van der Waals surface area contributed by atoms with Crippen LogP contribution < -0.4 is 10.9 Å². The first-order chi connectivity index (χ1) is 17.3. The first-order valence-electron chi connectivity index (χ1n) is 11.1. The van der Waals surface area contributed by atoms with Crippen molar-refractivity contribution in [2.45, 2.75) is 25.7 Å². The molecule has 1 saturated heterocycles. The van der Waals surface area contributed by atoms with Crippen LogP contribution in [0, 0.1) is 0 Å². The summed E-state index contributed by atoms with van der Waals surface area (Å²) in [7, 11) is 1.32. The van der Waals surface area contributed by atoms with Gasteiger partial charge in [0.25, 0.3) is 11.8 Å². The van der Waals surface area contributed by atoms with E-state index < -0.39 is 11.9 Å². The van der Waals surface area contributed by atoms with Crippen molar-refractivity contribution in [2.24, 2.45) is 0 Å². The van der Waals surface area contributed by atoms with Crippen LogP contribution in [-0.2, 0) is 14.3 Å². The molecule has 11 heteroatoms. The van der Waals surface area contributed by atoms with Gasteiger partial charge in [0.2, 0.25) is 5.91 Å². The number of carbonyl (C=O) groups excluding carboxylic acids is 4. The highest BCUT2D eigenvalue weighted by atomic mass is 79.9. The highest BCUT2D eigenvalue weighted by Crippen LogP contribution is 2.32. The van der Waals surface area contributed by atoms with Crippen molar-refractivity contribution >= 4 is 74.0 Å². The molecule has 2 aromatic carbocycles. The molecule has 0 aliphatic carbocycles. The number of rotatable bonds is 9. The summed E-state index contributed by atoms with van der Waals surface area (Å²) in [6, 6.07) is 13.7. The number of amides is 3. The minimum Gasteiger partial charge on any atom is -0.465 e. The molecule has 0 bridgehead atoms. The van der Waals surface area contributed by atoms with E-state index in [2.05, 4.69) is 31.5 Å². The van der Waals surface area contributed by atoms with E-state index in [-0.39, 0.29) is 18.2 Å². The zero-order valence-electron chi connectivity index (χ0n) is 19.4. The van der Waals surface area contributed by atoms with Gasteiger partial charge in [0.15, 0.2) is 0 Å². The Morgan fingerprint density at radius 3 is 2.47 bits per heavy atom. The van der Waals surface area contributed by atoms with Crippen LogP contribution in [0.3, 0.4) is 0 Å². The molecule has 3 rings (SSSR count). The van der Waals surface area contributed by atoms with Gasteiger partial charge in [0.1, 0.15) is 4.32 Å². The molecular weight excluding hydrogens is 566 g/mol. The molecule has 0 aromatic heterocycles. The van der Waals surface area contributed by atoms with Gasteiger partial charge in [-0.3, -0.25) is 30.1 Å². The number of esters is 1. The normalized spacial score (nSPS) is 14.2. The van der Waals surface area contributed by atoms with Crippen LogP contribution >= 0.6 is 39.9 Å². The second kappa shape index (κ2) is 13.3. The first kappa shape index (κ1) is 27.6. The third-order valence-electron chi connectivity index (χ3n) is 5.22. The van der Waals surface area contributed by atoms with Gasteiger partial charge in [-0.1, -0.05) is 54.7 Å². The molecule has 1 fully saturated rings. The zero-order chi connectivity index (χ0) is 26.1. The summed E-state index contributed by atoms with van der Waals surface area (Å²) in [6.07, 6.45) is 4.00. The molecule has 1 aliphatic rings. The predicted molar refractivity (Wildman–Crippen MR) is 146 cm³/mol. The number of methoxy groups -OCH3 is 1. The number of nitrogens with zero attached hydrogens (tertiary/aromatic N) is 1. The summed E-state index contributed by atoms with van der Waals surface area (Å²) < 4.78 is 5.82. The fraction of sp³-hybridized carbons (Fsp3) is 0.240. The van der Waals surface area contributed by atoms with E-state index in [4.69, 9.17) is 12.2 Å². The molecule has 188 valence electrons. The maximum absolute atomic E-state index is 12.8. The van der Waals surface area contributed by atoms with Gasteiger partial charge in [-0.15, -0.1) is 0 Å². The van der Waals surface area contributed by atoms with Gasteiger partial charge < -0.3 is 4.74 Å². The second-order valence-corrected chi connectivity index (χ2v) is 10.3. The SMILES string of the molecule is COC(=O)c1ccc(/C=C2\SC(=S)N(CCCCCC(=O)NNC(=O)c3ccccc3Br)C2=O)cc1. The predicted octanol–water partition coefficient (Wildman–Crippen LogP) is 4.46. The molecule has 0 atom stereocenters. The number of benzene rings is 2. The Bertz CT molecular complexity index is 1200. The zero-order valence-corrected chi connectivity index (χ0v) is 22.6. The highest BCUT2D eigenvalue weighted by Gasteiger charge is 2.31. The summed E-state index contributed by atoms with van der Waals surface area (Å²) in [4.78, 5) is 50.5. The average Bonchev–Trinajstić information content (AvgIpc) is 3.14. The van der Waals surface area contributed by atoms with Crippen molar-refractivity contribution in [1.29, 1.82) is 0 Å². The number of hydrazine groups is 1. The quantitative estimate of drug-likeness (QED) is 0.146. The molecule has 2 aromatic rings. The third kappa shape index (κ3) is 7.49. The number of thiocarbonyl (C=S) groups is 1. The largest absolute Gasteiger partial charge is 0.465 e. The van der Waals surface area contributed by atoms with E-state index in [1.165, 1.54) is 18.9 Å². The van der Waals surface area contributed by atoms with E-state index in [0.717, 1.165) is 12.0 Å². The average molecular weight is 591 g/mol. The Kier molecular flexibility index (Phi) is 10.2. The smallest absolute Gasteiger partial charge is 0.337 e. The van der Waals surface area contributed by atoms with Crippen LogP contribution in [-0.4, -0.2) is 46.6 Å². The number of carbonyl (C=O) groups is 4. The maximum Gasteiger partial charge on any atom is 0.337 e. The highest BCUT2D eigenvalue weighted by molar-refractivity contribution is 9.10. The van der Waals surface area contributed by atoms with Gasteiger partial charge in [-0.05, 0) is 64.7 Å². The number of unbranched alkanes of at least 4 members (excludes halogenated alkanes) is 2. The number of halogens is 1. The Hall–Kier alpha value is -3.02. The van der Waals surface area contributed by atoms with Gasteiger partial charge >= 0.3 is 5.97 Å². The Balaban J connectivity index is 1.39. The molecule has 36 heavy (non-hydrogen) atoms. The topological polar surface area (TPSA) is 105 Å². The molecule has 1 aliphatic heterocycles. The molecule has 8 nitrogen and oxygen atoms in total. The molecule has 0 radical (unpaired) electrons. The minimum atomic E-state index is -0.421. The maximum atomic E-state index is 12.8. The van der Waals surface area contributed by atoms with Crippen molar-refractivity contribution in [3.63, 3.8) is 0 Å². The number of nitrogens with one attached hydrogen (secondary N) is 2. The lowest BCUT2D eigenvalue weighted by molar-refractivity contribution is -0.123. The van der Waals surface area contributed by atoms with Gasteiger partial charge in [0, 0.05) is 17.4 Å². The molecular formula is C25H24BrN3O5S2. The van der Waals surface area contributed by atoms with Crippen LogP contribution in [0.1, 0.15) is 52.0 Å². The van der Waals surface area contributed by atoms with Crippen molar-refractivity contribution in [2.75, 3.05) is 13.7 Å². The van der Waals surface area contributed by atoms with Crippen LogP contribution in [0.15, 0.2) is 57.9 Å². The van der Waals surface area contributed by atoms with Crippen molar-refractivity contribution in [3.05, 3.63) is 74.6 Å². The molecule has 3 amide bonds. The van der Waals surface area contributed by atoms with Crippen LogP contribution in [0.25, 0.3) is 6.08 Å². The minimum absolute atomic E-state index is 0.158. The summed E-state index contributed by atoms with van der Waals surface area (Å²) >= 11 is 9.90. The van der Waals surface area contributed by atoms with E-state index >= 15 is 0 Å². The molecule has 0 spiro atoms. The Morgan fingerprint density at radius 1 is 1.06 bits per heavy atom. The van der Waals surface area contributed by atoms with E-state index in [1.54, 1.807) is 59.5 Å². The number of hydrogen-bond donors (Lipinski definition) is 2. The summed E-state index contributed by atoms with van der Waals surface area (Å²) in [5, 5.41) is 0. The van der Waals surface area contributed by atoms with Gasteiger partial charge in [-0.25, -0.2) is 4.79 Å². The Labute approximate surface area is 226 Å². The molecule has 0 saturated carbocycles. The van der Waals surface area contributed by atoms with Crippen molar-refractivity contribution in [3.8, 4) is 0 Å². The first-order valence-corrected chi connectivity index (χ1v) is 13.1. The fourth-order valence-electron chi connectivity index (χ4n) is 3.31. The standard InChI is InChI=1S/C25H24BrN3O5S2/c1-34-24(33)17-12-10-16(11-13-17)15-20-23(32)29(25(35)36-20)14-6-2-3-9-21(30)27-28-22(31)18-7-4-5-8-19(18)26/h4-5,7-8,10-13,15H,2-3,6,9,14H2,1H3,(H,27,30)(H,28,31)/b20-15-. The van der Waals surface area contributed by atoms with Crippen molar-refractivity contribution in [1.82, 2.24) is 15.8 Å². The summed E-state index contributed by atoms with van der Waals surface area (Å²) in [6.45, 7) is 0.462. The molecule has 0 unspecified atom stereocenters.